The molecule has 0 bridgehead atoms. The number of aliphatic carboxylic acids is 2. The number of ether oxygens (including phenoxy) is 1. The second-order valence-electron chi connectivity index (χ2n) is 9.12. The van der Waals surface area contributed by atoms with E-state index in [9.17, 15) is 31.1 Å². The number of rotatable bonds is 6. The second-order valence-corrected chi connectivity index (χ2v) is 9.12. The lowest BCUT2D eigenvalue weighted by molar-refractivity contribution is -0.193. The maximum absolute atomic E-state index is 12.5. The minimum Gasteiger partial charge on any atom is -0.475 e. The van der Waals surface area contributed by atoms with Crippen molar-refractivity contribution in [3.8, 4) is 0 Å². The number of carbonyl (C=O) groups is 3. The molecule has 41 heavy (non-hydrogen) atoms. The van der Waals surface area contributed by atoms with Gasteiger partial charge in [-0.15, -0.1) is 0 Å². The van der Waals surface area contributed by atoms with Crippen molar-refractivity contribution >= 4 is 17.8 Å². The molecule has 0 saturated carbocycles. The summed E-state index contributed by atoms with van der Waals surface area (Å²) in [5.41, 5.74) is 2.20. The average Bonchev–Trinajstić information content (AvgIpc) is 3.37. The molecule has 1 unspecified atom stereocenters. The van der Waals surface area contributed by atoms with Crippen LogP contribution in [0.1, 0.15) is 36.6 Å². The standard InChI is InChI=1S/C20H27N5O2.2C2HF3O2/c26-20(22-12-17-2-1-6-21-11-17)10-19-15-24(13-16-4-8-27-9-5-16)14-18-3-7-23-25(18)19;2*3-2(4,5)1(6)7/h1-3,6-7,11,16,19H,4-5,8-10,12-15H2,(H,22,26);2*(H,6,7). The molecule has 2 aromatic heterocycles. The number of alkyl halides is 6. The first kappa shape index (κ1) is 33.5. The van der Waals surface area contributed by atoms with Gasteiger partial charge in [0.15, 0.2) is 0 Å². The quantitative estimate of drug-likeness (QED) is 0.428. The van der Waals surface area contributed by atoms with Crippen LogP contribution in [0.15, 0.2) is 36.8 Å². The van der Waals surface area contributed by atoms with E-state index >= 15 is 0 Å². The predicted octanol–water partition coefficient (Wildman–Crippen LogP) is 3.03. The molecule has 2 aliphatic heterocycles. The van der Waals surface area contributed by atoms with Crippen LogP contribution in [0, 0.1) is 5.92 Å². The zero-order valence-electron chi connectivity index (χ0n) is 21.6. The fourth-order valence-corrected chi connectivity index (χ4v) is 4.04. The number of aromatic nitrogens is 3. The number of nitrogens with zero attached hydrogens (tertiary/aromatic N) is 4. The SMILES string of the molecule is O=C(CC1CN(CC2CCOCC2)Cc2ccnn21)NCc1cccnc1.O=C(O)C(F)(F)F.O=C(O)C(F)(F)F. The van der Waals surface area contributed by atoms with E-state index in [1.807, 2.05) is 23.0 Å². The Kier molecular flexibility index (Phi) is 12.5. The van der Waals surface area contributed by atoms with E-state index in [-0.39, 0.29) is 11.9 Å². The molecule has 1 fully saturated rings. The van der Waals surface area contributed by atoms with Crippen LogP contribution in [0.4, 0.5) is 26.3 Å². The number of hydrogen-bond donors (Lipinski definition) is 3. The Morgan fingerprint density at radius 1 is 1.00 bits per heavy atom. The fraction of sp³-hybridized carbons (Fsp3) is 0.542. The molecular formula is C24H29F6N5O6. The van der Waals surface area contributed by atoms with Gasteiger partial charge in [0.1, 0.15) is 0 Å². The summed E-state index contributed by atoms with van der Waals surface area (Å²) in [5.74, 6) is -4.77. The first-order valence-corrected chi connectivity index (χ1v) is 12.2. The number of fused-ring (bicyclic) bond motifs is 1. The third-order valence-corrected chi connectivity index (χ3v) is 5.93. The number of nitrogens with one attached hydrogen (secondary N) is 1. The highest BCUT2D eigenvalue weighted by Gasteiger charge is 2.39. The Labute approximate surface area is 230 Å². The average molecular weight is 598 g/mol. The minimum atomic E-state index is -5.08. The van der Waals surface area contributed by atoms with Gasteiger partial charge in [-0.1, -0.05) is 6.07 Å². The summed E-state index contributed by atoms with van der Waals surface area (Å²) in [6.45, 7) is 5.10. The van der Waals surface area contributed by atoms with Crippen molar-refractivity contribution in [2.45, 2.75) is 50.7 Å². The third-order valence-electron chi connectivity index (χ3n) is 5.93. The van der Waals surface area contributed by atoms with Crippen LogP contribution in [0.25, 0.3) is 0 Å². The van der Waals surface area contributed by atoms with Crippen LogP contribution < -0.4 is 5.32 Å². The van der Waals surface area contributed by atoms with Crippen molar-refractivity contribution in [2.24, 2.45) is 5.92 Å². The summed E-state index contributed by atoms with van der Waals surface area (Å²) >= 11 is 0. The van der Waals surface area contributed by atoms with Crippen LogP contribution in [0.3, 0.4) is 0 Å². The molecule has 1 atom stereocenters. The lowest BCUT2D eigenvalue weighted by Gasteiger charge is -2.36. The topological polar surface area (TPSA) is 147 Å². The molecule has 0 spiro atoms. The summed E-state index contributed by atoms with van der Waals surface area (Å²) in [7, 11) is 0. The van der Waals surface area contributed by atoms with Gasteiger partial charge in [-0.3, -0.25) is 19.4 Å². The molecule has 17 heteroatoms. The van der Waals surface area contributed by atoms with Crippen molar-refractivity contribution in [3.05, 3.63) is 48.0 Å². The molecule has 1 amide bonds. The molecule has 0 aliphatic carbocycles. The molecular weight excluding hydrogens is 568 g/mol. The zero-order valence-corrected chi connectivity index (χ0v) is 21.6. The summed E-state index contributed by atoms with van der Waals surface area (Å²) in [6, 6.07) is 6.00. The lowest BCUT2D eigenvalue weighted by atomic mass is 9.98. The van der Waals surface area contributed by atoms with Gasteiger partial charge in [0, 0.05) is 58.0 Å². The van der Waals surface area contributed by atoms with E-state index < -0.39 is 24.3 Å². The van der Waals surface area contributed by atoms with E-state index in [4.69, 9.17) is 24.5 Å². The fourth-order valence-electron chi connectivity index (χ4n) is 4.04. The minimum absolute atomic E-state index is 0.0539. The first-order valence-electron chi connectivity index (χ1n) is 12.2. The Morgan fingerprint density at radius 2 is 1.61 bits per heavy atom. The number of carbonyl (C=O) groups excluding carboxylic acids is 1. The maximum Gasteiger partial charge on any atom is 0.490 e. The number of amides is 1. The van der Waals surface area contributed by atoms with Gasteiger partial charge < -0.3 is 20.3 Å². The van der Waals surface area contributed by atoms with Gasteiger partial charge in [-0.2, -0.15) is 31.4 Å². The van der Waals surface area contributed by atoms with Crippen molar-refractivity contribution in [3.63, 3.8) is 0 Å². The first-order chi connectivity index (χ1) is 19.2. The Balaban J connectivity index is 0.000000349. The van der Waals surface area contributed by atoms with Gasteiger partial charge in [-0.05, 0) is 36.5 Å². The highest BCUT2D eigenvalue weighted by atomic mass is 19.4. The highest BCUT2D eigenvalue weighted by molar-refractivity contribution is 5.76. The van der Waals surface area contributed by atoms with E-state index in [0.717, 1.165) is 51.3 Å². The van der Waals surface area contributed by atoms with Crippen LogP contribution in [-0.2, 0) is 32.2 Å². The van der Waals surface area contributed by atoms with Crippen LogP contribution >= 0.6 is 0 Å². The molecule has 1 saturated heterocycles. The predicted molar refractivity (Wildman–Crippen MR) is 128 cm³/mol. The van der Waals surface area contributed by atoms with Gasteiger partial charge >= 0.3 is 24.3 Å². The maximum atomic E-state index is 12.5. The molecule has 4 rings (SSSR count). The number of halogens is 6. The molecule has 0 aromatic carbocycles. The van der Waals surface area contributed by atoms with Gasteiger partial charge in [0.25, 0.3) is 0 Å². The Morgan fingerprint density at radius 3 is 2.15 bits per heavy atom. The van der Waals surface area contributed by atoms with Crippen molar-refractivity contribution in [1.29, 1.82) is 0 Å². The lowest BCUT2D eigenvalue weighted by Crippen LogP contribution is -2.42. The van der Waals surface area contributed by atoms with Crippen molar-refractivity contribution < 1.29 is 55.7 Å². The molecule has 11 nitrogen and oxygen atoms in total. The van der Waals surface area contributed by atoms with E-state index in [0.29, 0.717) is 18.9 Å². The summed E-state index contributed by atoms with van der Waals surface area (Å²) < 4.78 is 71.0. The van der Waals surface area contributed by atoms with Crippen molar-refractivity contribution in [1.82, 2.24) is 25.0 Å². The van der Waals surface area contributed by atoms with Crippen LogP contribution in [-0.4, -0.2) is 86.4 Å². The normalized spacial score (nSPS) is 17.7. The van der Waals surface area contributed by atoms with Gasteiger partial charge in [-0.25, -0.2) is 9.59 Å². The third kappa shape index (κ3) is 12.1. The smallest absolute Gasteiger partial charge is 0.475 e. The number of carboxylic acids is 2. The van der Waals surface area contributed by atoms with Gasteiger partial charge in [0.2, 0.25) is 5.91 Å². The number of hydrogen-bond acceptors (Lipinski definition) is 7. The molecule has 228 valence electrons. The molecule has 2 aromatic rings. The molecule has 4 heterocycles. The van der Waals surface area contributed by atoms with E-state index in [1.54, 1.807) is 12.4 Å². The Bertz CT molecular complexity index is 1100. The largest absolute Gasteiger partial charge is 0.490 e. The zero-order chi connectivity index (χ0) is 30.6. The number of carboxylic acid groups (broad SMARTS) is 2. The molecule has 3 N–H and O–H groups in total. The van der Waals surface area contributed by atoms with Crippen LogP contribution in [0.5, 0.6) is 0 Å². The van der Waals surface area contributed by atoms with Crippen LogP contribution in [0.2, 0.25) is 0 Å². The molecule has 2 aliphatic rings. The monoisotopic (exact) mass is 597 g/mol. The second kappa shape index (κ2) is 15.3. The molecule has 0 radical (unpaired) electrons. The Hall–Kier alpha value is -3.73. The highest BCUT2D eigenvalue weighted by Crippen LogP contribution is 2.26. The summed E-state index contributed by atoms with van der Waals surface area (Å²) in [5, 5.41) is 21.7. The van der Waals surface area contributed by atoms with Crippen molar-refractivity contribution in [2.75, 3.05) is 26.3 Å². The number of pyridine rings is 1. The van der Waals surface area contributed by atoms with Gasteiger partial charge in [0.05, 0.1) is 18.2 Å². The van der Waals surface area contributed by atoms with E-state index in [1.165, 1.54) is 5.69 Å². The summed E-state index contributed by atoms with van der Waals surface area (Å²) in [6.07, 6.45) is -2.10. The summed E-state index contributed by atoms with van der Waals surface area (Å²) in [4.78, 5) is 36.9. The van der Waals surface area contributed by atoms with E-state index in [2.05, 4.69) is 26.4 Å².